The first-order valence-corrected chi connectivity index (χ1v) is 5.96. The topological polar surface area (TPSA) is 81.8 Å². The fourth-order valence-electron chi connectivity index (χ4n) is 2.16. The number of rotatable bonds is 4. The van der Waals surface area contributed by atoms with Gasteiger partial charge in [0.2, 0.25) is 0 Å². The summed E-state index contributed by atoms with van der Waals surface area (Å²) in [7, 11) is 0. The van der Waals surface area contributed by atoms with Crippen molar-refractivity contribution in [2.45, 2.75) is 19.3 Å². The lowest BCUT2D eigenvalue weighted by Crippen LogP contribution is -2.19. The van der Waals surface area contributed by atoms with E-state index in [0.717, 1.165) is 11.1 Å². The number of benzene rings is 1. The van der Waals surface area contributed by atoms with Crippen molar-refractivity contribution in [2.24, 2.45) is 5.73 Å². The molecule has 1 atom stereocenters. The summed E-state index contributed by atoms with van der Waals surface area (Å²) in [6.45, 7) is 3.23. The van der Waals surface area contributed by atoms with Crippen molar-refractivity contribution in [1.29, 1.82) is 0 Å². The van der Waals surface area contributed by atoms with Gasteiger partial charge in [-0.2, -0.15) is 0 Å². The third-order valence-electron chi connectivity index (χ3n) is 3.06. The van der Waals surface area contributed by atoms with E-state index in [0.29, 0.717) is 37.7 Å². The Balaban J connectivity index is 2.39. The Morgan fingerprint density at radius 3 is 2.56 bits per heavy atom. The van der Waals surface area contributed by atoms with Crippen LogP contribution in [0.5, 0.6) is 11.5 Å². The SMILES string of the molecule is Cc1cc2c(cc1C(CCN)C(=O)O)OCCO2. The summed E-state index contributed by atoms with van der Waals surface area (Å²) in [5.74, 6) is -0.157. The van der Waals surface area contributed by atoms with Crippen molar-refractivity contribution in [2.75, 3.05) is 19.8 Å². The minimum atomic E-state index is -0.861. The lowest BCUT2D eigenvalue weighted by molar-refractivity contribution is -0.138. The number of carboxylic acid groups (broad SMARTS) is 1. The van der Waals surface area contributed by atoms with Crippen molar-refractivity contribution in [3.05, 3.63) is 23.3 Å². The van der Waals surface area contributed by atoms with Gasteiger partial charge in [-0.15, -0.1) is 0 Å². The fraction of sp³-hybridized carbons (Fsp3) is 0.462. The van der Waals surface area contributed by atoms with E-state index >= 15 is 0 Å². The molecule has 0 bridgehead atoms. The smallest absolute Gasteiger partial charge is 0.311 e. The third kappa shape index (κ3) is 2.41. The zero-order chi connectivity index (χ0) is 13.1. The van der Waals surface area contributed by atoms with Gasteiger partial charge in [-0.05, 0) is 43.1 Å². The average Bonchev–Trinajstić information content (AvgIpc) is 2.35. The molecule has 1 aliphatic heterocycles. The molecule has 1 heterocycles. The number of hydrogen-bond donors (Lipinski definition) is 2. The maximum atomic E-state index is 11.3. The van der Waals surface area contributed by atoms with Crippen LogP contribution in [0.15, 0.2) is 12.1 Å². The van der Waals surface area contributed by atoms with Gasteiger partial charge in [0, 0.05) is 0 Å². The fourth-order valence-corrected chi connectivity index (χ4v) is 2.16. The van der Waals surface area contributed by atoms with Gasteiger partial charge < -0.3 is 20.3 Å². The average molecular weight is 251 g/mol. The first kappa shape index (κ1) is 12.7. The maximum absolute atomic E-state index is 11.3. The number of hydrogen-bond acceptors (Lipinski definition) is 4. The second kappa shape index (κ2) is 5.27. The summed E-state index contributed by atoms with van der Waals surface area (Å²) in [6.07, 6.45) is 0.413. The van der Waals surface area contributed by atoms with E-state index in [9.17, 15) is 9.90 Å². The molecule has 1 aromatic rings. The highest BCUT2D eigenvalue weighted by Crippen LogP contribution is 2.36. The number of ether oxygens (including phenoxy) is 2. The monoisotopic (exact) mass is 251 g/mol. The van der Waals surface area contributed by atoms with Crippen LogP contribution in [0.2, 0.25) is 0 Å². The van der Waals surface area contributed by atoms with Gasteiger partial charge in [0.1, 0.15) is 13.2 Å². The number of carbonyl (C=O) groups is 1. The number of carboxylic acids is 1. The highest BCUT2D eigenvalue weighted by molar-refractivity contribution is 5.77. The van der Waals surface area contributed by atoms with E-state index in [1.54, 1.807) is 6.07 Å². The quantitative estimate of drug-likeness (QED) is 0.842. The second-order valence-electron chi connectivity index (χ2n) is 4.32. The van der Waals surface area contributed by atoms with E-state index < -0.39 is 11.9 Å². The van der Waals surface area contributed by atoms with Crippen molar-refractivity contribution in [3.63, 3.8) is 0 Å². The lowest BCUT2D eigenvalue weighted by atomic mass is 9.91. The van der Waals surface area contributed by atoms with Crippen molar-refractivity contribution in [1.82, 2.24) is 0 Å². The van der Waals surface area contributed by atoms with Gasteiger partial charge in [-0.3, -0.25) is 4.79 Å². The molecular formula is C13H17NO4. The van der Waals surface area contributed by atoms with Crippen LogP contribution in [0.1, 0.15) is 23.5 Å². The maximum Gasteiger partial charge on any atom is 0.311 e. The Bertz CT molecular complexity index is 459. The Morgan fingerprint density at radius 2 is 2.00 bits per heavy atom. The number of nitrogens with two attached hydrogens (primary N) is 1. The second-order valence-corrected chi connectivity index (χ2v) is 4.32. The molecule has 2 rings (SSSR count). The van der Waals surface area contributed by atoms with E-state index in [-0.39, 0.29) is 0 Å². The van der Waals surface area contributed by atoms with Crippen LogP contribution >= 0.6 is 0 Å². The lowest BCUT2D eigenvalue weighted by Gasteiger charge is -2.22. The Morgan fingerprint density at radius 1 is 1.39 bits per heavy atom. The van der Waals surface area contributed by atoms with Gasteiger partial charge in [-0.25, -0.2) is 0 Å². The molecule has 0 saturated heterocycles. The molecule has 0 spiro atoms. The predicted octanol–water partition coefficient (Wildman–Crippen LogP) is 1.28. The van der Waals surface area contributed by atoms with E-state index in [2.05, 4.69) is 0 Å². The molecule has 98 valence electrons. The molecule has 5 nitrogen and oxygen atoms in total. The molecule has 5 heteroatoms. The molecule has 0 aliphatic carbocycles. The van der Waals surface area contributed by atoms with Gasteiger partial charge in [-0.1, -0.05) is 0 Å². The van der Waals surface area contributed by atoms with Crippen molar-refractivity contribution < 1.29 is 19.4 Å². The first-order chi connectivity index (χ1) is 8.63. The summed E-state index contributed by atoms with van der Waals surface area (Å²) in [4.78, 5) is 11.3. The van der Waals surface area contributed by atoms with Crippen molar-refractivity contribution in [3.8, 4) is 11.5 Å². The molecule has 1 unspecified atom stereocenters. The van der Waals surface area contributed by atoms with Crippen LogP contribution in [0.25, 0.3) is 0 Å². The molecule has 1 aliphatic rings. The molecule has 3 N–H and O–H groups in total. The number of fused-ring (bicyclic) bond motifs is 1. The summed E-state index contributed by atoms with van der Waals surface area (Å²) in [5, 5.41) is 9.26. The number of aliphatic carboxylic acids is 1. The Kier molecular flexibility index (Phi) is 3.72. The van der Waals surface area contributed by atoms with E-state index in [1.807, 2.05) is 13.0 Å². The molecular weight excluding hydrogens is 234 g/mol. The largest absolute Gasteiger partial charge is 0.486 e. The third-order valence-corrected chi connectivity index (χ3v) is 3.06. The normalized spacial score (nSPS) is 15.2. The molecule has 0 fully saturated rings. The highest BCUT2D eigenvalue weighted by Gasteiger charge is 2.24. The zero-order valence-corrected chi connectivity index (χ0v) is 10.3. The van der Waals surface area contributed by atoms with Crippen molar-refractivity contribution >= 4 is 5.97 Å². The minimum absolute atomic E-state index is 0.338. The summed E-state index contributed by atoms with van der Waals surface area (Å²) < 4.78 is 10.9. The van der Waals surface area contributed by atoms with Crippen LogP contribution in [0.3, 0.4) is 0 Å². The summed E-state index contributed by atoms with van der Waals surface area (Å²) in [5.41, 5.74) is 7.11. The first-order valence-electron chi connectivity index (χ1n) is 5.96. The summed E-state index contributed by atoms with van der Waals surface area (Å²) >= 11 is 0. The Labute approximate surface area is 106 Å². The van der Waals surface area contributed by atoms with Gasteiger partial charge in [0.15, 0.2) is 11.5 Å². The van der Waals surface area contributed by atoms with Gasteiger partial charge >= 0.3 is 5.97 Å². The summed E-state index contributed by atoms with van der Waals surface area (Å²) in [6, 6.07) is 3.59. The van der Waals surface area contributed by atoms with Gasteiger partial charge in [0.25, 0.3) is 0 Å². The molecule has 1 aromatic carbocycles. The molecule has 0 aromatic heterocycles. The van der Waals surface area contributed by atoms with Crippen LogP contribution in [0.4, 0.5) is 0 Å². The standard InChI is InChI=1S/C13H17NO4/c1-8-6-11-12(18-5-4-17-11)7-10(8)9(2-3-14)13(15)16/h6-7,9H,2-5,14H2,1H3,(H,15,16). The predicted molar refractivity (Wildman–Crippen MR) is 66.2 cm³/mol. The molecule has 0 radical (unpaired) electrons. The van der Waals surface area contributed by atoms with Crippen LogP contribution in [-0.2, 0) is 4.79 Å². The molecule has 0 amide bonds. The minimum Gasteiger partial charge on any atom is -0.486 e. The number of aryl methyl sites for hydroxylation is 1. The zero-order valence-electron chi connectivity index (χ0n) is 10.3. The Hall–Kier alpha value is -1.75. The van der Waals surface area contributed by atoms with E-state index in [1.165, 1.54) is 0 Å². The van der Waals surface area contributed by atoms with E-state index in [4.69, 9.17) is 15.2 Å². The van der Waals surface area contributed by atoms with Crippen LogP contribution < -0.4 is 15.2 Å². The molecule has 0 saturated carbocycles. The molecule has 18 heavy (non-hydrogen) atoms. The van der Waals surface area contributed by atoms with Gasteiger partial charge in [0.05, 0.1) is 5.92 Å². The highest BCUT2D eigenvalue weighted by atomic mass is 16.6. The van der Waals surface area contributed by atoms with Crippen LogP contribution in [0, 0.1) is 6.92 Å². The van der Waals surface area contributed by atoms with Crippen LogP contribution in [-0.4, -0.2) is 30.8 Å².